The summed E-state index contributed by atoms with van der Waals surface area (Å²) in [7, 11) is 1.60. The lowest BCUT2D eigenvalue weighted by atomic mass is 10.1. The minimum Gasteiger partial charge on any atom is -0.493 e. The molecule has 0 saturated heterocycles. The van der Waals surface area contributed by atoms with Crippen LogP contribution in [0.3, 0.4) is 0 Å². The summed E-state index contributed by atoms with van der Waals surface area (Å²) in [6.45, 7) is 7.46. The zero-order valence-corrected chi connectivity index (χ0v) is 12.4. The van der Waals surface area contributed by atoms with Crippen molar-refractivity contribution in [1.82, 2.24) is 9.78 Å². The van der Waals surface area contributed by atoms with Gasteiger partial charge in [-0.15, -0.1) is 0 Å². The molecule has 1 rings (SSSR count). The molecule has 0 fully saturated rings. The molecule has 0 amide bonds. The van der Waals surface area contributed by atoms with Gasteiger partial charge < -0.3 is 14.6 Å². The van der Waals surface area contributed by atoms with Crippen molar-refractivity contribution in [3.8, 4) is 5.75 Å². The number of methoxy groups -OCH3 is 1. The molecule has 1 heterocycles. The summed E-state index contributed by atoms with van der Waals surface area (Å²) in [6.07, 6.45) is 3.47. The van der Waals surface area contributed by atoms with Crippen LogP contribution in [0.4, 0.5) is 0 Å². The molecule has 0 saturated carbocycles. The molecule has 0 aliphatic carbocycles. The quantitative estimate of drug-likeness (QED) is 0.749. The third-order valence-corrected chi connectivity index (χ3v) is 3.09. The van der Waals surface area contributed by atoms with Crippen LogP contribution in [-0.4, -0.2) is 34.7 Å². The SMILES string of the molecule is CCCC(OCC)C(O)c1c(OC)cnn1CCC. The molecule has 1 aromatic heterocycles. The molecule has 2 atom stereocenters. The van der Waals surface area contributed by atoms with E-state index < -0.39 is 6.10 Å². The van der Waals surface area contributed by atoms with Gasteiger partial charge in [-0.25, -0.2) is 0 Å². The number of aliphatic hydroxyl groups is 1. The molecular formula is C14H26N2O3. The topological polar surface area (TPSA) is 56.5 Å². The number of aliphatic hydroxyl groups excluding tert-OH is 1. The lowest BCUT2D eigenvalue weighted by Gasteiger charge is -2.24. The molecule has 0 radical (unpaired) electrons. The van der Waals surface area contributed by atoms with Gasteiger partial charge in [-0.1, -0.05) is 20.3 Å². The fourth-order valence-electron chi connectivity index (χ4n) is 2.23. The molecule has 5 nitrogen and oxygen atoms in total. The summed E-state index contributed by atoms with van der Waals surface area (Å²) in [5, 5.41) is 14.9. The zero-order chi connectivity index (χ0) is 14.3. The van der Waals surface area contributed by atoms with E-state index in [1.54, 1.807) is 13.3 Å². The van der Waals surface area contributed by atoms with E-state index in [1.807, 2.05) is 11.6 Å². The Morgan fingerprint density at radius 3 is 2.58 bits per heavy atom. The summed E-state index contributed by atoms with van der Waals surface area (Å²) in [6, 6.07) is 0. The maximum absolute atomic E-state index is 10.6. The normalized spacial score (nSPS) is 14.4. The smallest absolute Gasteiger partial charge is 0.162 e. The van der Waals surface area contributed by atoms with Crippen molar-refractivity contribution >= 4 is 0 Å². The van der Waals surface area contributed by atoms with E-state index in [9.17, 15) is 5.11 Å². The van der Waals surface area contributed by atoms with Crippen molar-refractivity contribution in [2.24, 2.45) is 0 Å². The third-order valence-electron chi connectivity index (χ3n) is 3.09. The third kappa shape index (κ3) is 3.94. The van der Waals surface area contributed by atoms with Gasteiger partial charge in [0.25, 0.3) is 0 Å². The van der Waals surface area contributed by atoms with Gasteiger partial charge in [0.1, 0.15) is 11.8 Å². The van der Waals surface area contributed by atoms with Gasteiger partial charge in [-0.2, -0.15) is 5.10 Å². The molecule has 0 bridgehead atoms. The zero-order valence-electron chi connectivity index (χ0n) is 12.4. The minimum absolute atomic E-state index is 0.212. The predicted octanol–water partition coefficient (Wildman–Crippen LogP) is 2.54. The van der Waals surface area contributed by atoms with E-state index in [-0.39, 0.29) is 6.10 Å². The number of rotatable bonds is 9. The standard InChI is InChI=1S/C14H26N2O3/c1-5-8-11(19-7-3)14(17)13-12(18-4)10-15-16(13)9-6-2/h10-11,14,17H,5-9H2,1-4H3. The number of hydrogen-bond donors (Lipinski definition) is 1. The average Bonchev–Trinajstić information content (AvgIpc) is 2.81. The van der Waals surface area contributed by atoms with Crippen LogP contribution in [0.25, 0.3) is 0 Å². The molecule has 0 aliphatic heterocycles. The molecule has 0 spiro atoms. The summed E-state index contributed by atoms with van der Waals surface area (Å²) in [4.78, 5) is 0. The Labute approximate surface area is 115 Å². The second-order valence-corrected chi connectivity index (χ2v) is 4.55. The predicted molar refractivity (Wildman–Crippen MR) is 74.4 cm³/mol. The van der Waals surface area contributed by atoms with Gasteiger partial charge in [0, 0.05) is 13.2 Å². The summed E-state index contributed by atoms with van der Waals surface area (Å²) < 4.78 is 12.8. The van der Waals surface area contributed by atoms with Gasteiger partial charge in [-0.3, -0.25) is 4.68 Å². The molecule has 1 N–H and O–H groups in total. The van der Waals surface area contributed by atoms with Crippen molar-refractivity contribution < 1.29 is 14.6 Å². The van der Waals surface area contributed by atoms with Crippen molar-refractivity contribution in [2.75, 3.05) is 13.7 Å². The first-order valence-electron chi connectivity index (χ1n) is 7.08. The second-order valence-electron chi connectivity index (χ2n) is 4.55. The highest BCUT2D eigenvalue weighted by Gasteiger charge is 2.27. The van der Waals surface area contributed by atoms with E-state index in [4.69, 9.17) is 9.47 Å². The van der Waals surface area contributed by atoms with Crippen molar-refractivity contribution in [2.45, 2.75) is 58.8 Å². The fourth-order valence-corrected chi connectivity index (χ4v) is 2.23. The van der Waals surface area contributed by atoms with Gasteiger partial charge >= 0.3 is 0 Å². The fraction of sp³-hybridized carbons (Fsp3) is 0.786. The molecule has 0 aliphatic rings. The van der Waals surface area contributed by atoms with E-state index in [2.05, 4.69) is 18.9 Å². The van der Waals surface area contributed by atoms with E-state index in [1.165, 1.54) is 0 Å². The molecular weight excluding hydrogens is 244 g/mol. The highest BCUT2D eigenvalue weighted by molar-refractivity contribution is 5.28. The van der Waals surface area contributed by atoms with E-state index in [0.717, 1.165) is 31.5 Å². The minimum atomic E-state index is -0.705. The van der Waals surface area contributed by atoms with Gasteiger partial charge in [-0.05, 0) is 19.8 Å². The average molecular weight is 270 g/mol. The number of nitrogens with zero attached hydrogens (tertiary/aromatic N) is 2. The molecule has 0 aromatic carbocycles. The first kappa shape index (κ1) is 16.0. The lowest BCUT2D eigenvalue weighted by molar-refractivity contribution is -0.0428. The monoisotopic (exact) mass is 270 g/mol. The van der Waals surface area contributed by atoms with Crippen LogP contribution in [0.5, 0.6) is 5.75 Å². The maximum Gasteiger partial charge on any atom is 0.162 e. The van der Waals surface area contributed by atoms with Crippen LogP contribution in [0.2, 0.25) is 0 Å². The van der Waals surface area contributed by atoms with Crippen LogP contribution >= 0.6 is 0 Å². The Kier molecular flexibility index (Phi) is 6.87. The molecule has 110 valence electrons. The Morgan fingerprint density at radius 1 is 1.32 bits per heavy atom. The largest absolute Gasteiger partial charge is 0.493 e. The van der Waals surface area contributed by atoms with Gasteiger partial charge in [0.2, 0.25) is 0 Å². The number of aromatic nitrogens is 2. The second kappa shape index (κ2) is 8.17. The van der Waals surface area contributed by atoms with Crippen molar-refractivity contribution in [1.29, 1.82) is 0 Å². The number of hydrogen-bond acceptors (Lipinski definition) is 4. The highest BCUT2D eigenvalue weighted by Crippen LogP contribution is 2.30. The first-order chi connectivity index (χ1) is 9.19. The van der Waals surface area contributed by atoms with Crippen molar-refractivity contribution in [3.05, 3.63) is 11.9 Å². The summed E-state index contributed by atoms with van der Waals surface area (Å²) >= 11 is 0. The summed E-state index contributed by atoms with van der Waals surface area (Å²) in [5.74, 6) is 0.627. The van der Waals surface area contributed by atoms with Crippen LogP contribution < -0.4 is 4.74 Å². The number of aryl methyl sites for hydroxylation is 1. The molecule has 5 heteroatoms. The molecule has 19 heavy (non-hydrogen) atoms. The van der Waals surface area contributed by atoms with Crippen LogP contribution in [0, 0.1) is 0 Å². The van der Waals surface area contributed by atoms with Crippen LogP contribution in [0.15, 0.2) is 6.20 Å². The van der Waals surface area contributed by atoms with Crippen molar-refractivity contribution in [3.63, 3.8) is 0 Å². The Hall–Kier alpha value is -1.07. The Morgan fingerprint density at radius 2 is 2.05 bits per heavy atom. The van der Waals surface area contributed by atoms with Crippen LogP contribution in [-0.2, 0) is 11.3 Å². The maximum atomic E-state index is 10.6. The lowest BCUT2D eigenvalue weighted by Crippen LogP contribution is -2.25. The molecule has 2 unspecified atom stereocenters. The van der Waals surface area contributed by atoms with E-state index >= 15 is 0 Å². The van der Waals surface area contributed by atoms with E-state index in [0.29, 0.717) is 12.4 Å². The summed E-state index contributed by atoms with van der Waals surface area (Å²) in [5.41, 5.74) is 0.719. The Bertz CT molecular complexity index is 360. The van der Waals surface area contributed by atoms with Crippen LogP contribution in [0.1, 0.15) is 51.8 Å². The molecule has 1 aromatic rings. The van der Waals surface area contributed by atoms with Gasteiger partial charge in [0.05, 0.1) is 19.4 Å². The highest BCUT2D eigenvalue weighted by atomic mass is 16.5. The Balaban J connectivity index is 2.99. The number of ether oxygens (including phenoxy) is 2. The first-order valence-corrected chi connectivity index (χ1v) is 7.08. The van der Waals surface area contributed by atoms with Gasteiger partial charge in [0.15, 0.2) is 5.75 Å².